The van der Waals surface area contributed by atoms with Crippen LogP contribution in [0.4, 0.5) is 5.69 Å². The smallest absolute Gasteiger partial charge is 0.265 e. The summed E-state index contributed by atoms with van der Waals surface area (Å²) in [5.74, 6) is -0.731. The normalized spacial score (nSPS) is 10.5. The molecule has 0 fully saturated rings. The van der Waals surface area contributed by atoms with Crippen molar-refractivity contribution >= 4 is 5.69 Å². The van der Waals surface area contributed by atoms with Crippen molar-refractivity contribution in [3.8, 4) is 17.3 Å². The summed E-state index contributed by atoms with van der Waals surface area (Å²) >= 11 is 0. The number of rotatable bonds is 3. The standard InChI is InChI=1S/C15H10N3O3/c19-14-13(16-21)15(20)18(12-9-5-2-6-10-12)17(14)11-7-3-1-4-8-11/h1-10H. The Morgan fingerprint density at radius 3 is 1.71 bits per heavy atom. The lowest BCUT2D eigenvalue weighted by Gasteiger charge is -2.11. The monoisotopic (exact) mass is 280 g/mol. The van der Waals surface area contributed by atoms with Crippen LogP contribution in [0, 0.1) is 4.91 Å². The van der Waals surface area contributed by atoms with Crippen LogP contribution in [-0.2, 0) is 5.11 Å². The third kappa shape index (κ3) is 2.02. The Morgan fingerprint density at radius 1 is 0.762 bits per heavy atom. The van der Waals surface area contributed by atoms with Crippen molar-refractivity contribution in [3.63, 3.8) is 0 Å². The fourth-order valence-electron chi connectivity index (χ4n) is 2.16. The minimum Gasteiger partial charge on any atom is -0.265 e. The molecular weight excluding hydrogens is 270 g/mol. The Morgan fingerprint density at radius 2 is 1.24 bits per heavy atom. The lowest BCUT2D eigenvalue weighted by atomic mass is 10.3. The van der Waals surface area contributed by atoms with E-state index in [0.29, 0.717) is 11.4 Å². The molecule has 0 atom stereocenters. The van der Waals surface area contributed by atoms with E-state index in [1.165, 1.54) is 0 Å². The Labute approximate surface area is 119 Å². The van der Waals surface area contributed by atoms with E-state index >= 15 is 0 Å². The minimum absolute atomic E-state index is 0.485. The van der Waals surface area contributed by atoms with Crippen molar-refractivity contribution in [3.05, 3.63) is 75.9 Å². The second kappa shape index (κ2) is 5.09. The number of nitrogens with zero attached hydrogens (tertiary/aromatic N) is 3. The van der Waals surface area contributed by atoms with Crippen LogP contribution in [0.2, 0.25) is 0 Å². The van der Waals surface area contributed by atoms with Crippen LogP contribution in [0.25, 0.3) is 11.4 Å². The van der Waals surface area contributed by atoms with Gasteiger partial charge >= 0.3 is 11.4 Å². The van der Waals surface area contributed by atoms with Gasteiger partial charge in [-0.3, -0.25) is 9.90 Å². The van der Waals surface area contributed by atoms with Gasteiger partial charge in [-0.2, -0.15) is 0 Å². The molecule has 0 saturated heterocycles. The van der Waals surface area contributed by atoms with Gasteiger partial charge in [-0.15, -0.1) is 4.91 Å². The topological polar surface area (TPSA) is 76.3 Å². The third-order valence-electron chi connectivity index (χ3n) is 3.08. The molecule has 1 radical (unpaired) electrons. The minimum atomic E-state index is -0.731. The summed E-state index contributed by atoms with van der Waals surface area (Å²) in [6.45, 7) is 0. The molecule has 103 valence electrons. The van der Waals surface area contributed by atoms with E-state index in [4.69, 9.17) is 0 Å². The van der Waals surface area contributed by atoms with Crippen molar-refractivity contribution < 1.29 is 5.11 Å². The highest BCUT2D eigenvalue weighted by Crippen LogP contribution is 2.28. The van der Waals surface area contributed by atoms with Crippen molar-refractivity contribution in [1.29, 1.82) is 0 Å². The van der Waals surface area contributed by atoms with E-state index in [1.807, 2.05) is 0 Å². The third-order valence-corrected chi connectivity index (χ3v) is 3.08. The maximum absolute atomic E-state index is 12.3. The largest absolute Gasteiger partial charge is 0.305 e. The first kappa shape index (κ1) is 12.9. The van der Waals surface area contributed by atoms with Gasteiger partial charge in [0.05, 0.1) is 11.4 Å². The van der Waals surface area contributed by atoms with Crippen LogP contribution >= 0.6 is 0 Å². The number of para-hydroxylation sites is 2. The number of benzene rings is 2. The Bertz CT molecular complexity index is 836. The first-order valence-electron chi connectivity index (χ1n) is 6.23. The molecule has 21 heavy (non-hydrogen) atoms. The van der Waals surface area contributed by atoms with E-state index < -0.39 is 17.1 Å². The van der Waals surface area contributed by atoms with Gasteiger partial charge in [0.25, 0.3) is 0 Å². The number of hydrogen-bond acceptors (Lipinski definition) is 3. The molecule has 0 aliphatic rings. The second-order valence-corrected chi connectivity index (χ2v) is 4.34. The van der Waals surface area contributed by atoms with Gasteiger partial charge in [0.15, 0.2) is 0 Å². The quantitative estimate of drug-likeness (QED) is 0.691. The molecule has 3 rings (SSSR count). The Hall–Kier alpha value is -3.15. The van der Waals surface area contributed by atoms with Gasteiger partial charge in [0, 0.05) is 0 Å². The van der Waals surface area contributed by atoms with E-state index in [9.17, 15) is 14.8 Å². The highest BCUT2D eigenvalue weighted by Gasteiger charge is 2.24. The van der Waals surface area contributed by atoms with Crippen LogP contribution in [0.1, 0.15) is 0 Å². The molecule has 0 saturated carbocycles. The molecule has 0 amide bonds. The summed E-state index contributed by atoms with van der Waals surface area (Å²) in [5, 5.41) is 14.8. The summed E-state index contributed by atoms with van der Waals surface area (Å²) in [6.07, 6.45) is 0. The van der Waals surface area contributed by atoms with Crippen LogP contribution in [0.5, 0.6) is 5.88 Å². The maximum Gasteiger partial charge on any atom is 0.305 e. The molecule has 0 aliphatic heterocycles. The van der Waals surface area contributed by atoms with Gasteiger partial charge in [-0.25, -0.2) is 9.36 Å². The summed E-state index contributed by atoms with van der Waals surface area (Å²) in [6, 6.07) is 17.2. The van der Waals surface area contributed by atoms with E-state index in [2.05, 4.69) is 5.18 Å². The summed E-state index contributed by atoms with van der Waals surface area (Å²) < 4.78 is 2.29. The molecule has 0 spiro atoms. The fourth-order valence-corrected chi connectivity index (χ4v) is 2.16. The molecule has 0 bridgehead atoms. The molecule has 6 heteroatoms. The molecule has 0 unspecified atom stereocenters. The molecule has 6 nitrogen and oxygen atoms in total. The van der Waals surface area contributed by atoms with Crippen molar-refractivity contribution in [2.24, 2.45) is 5.18 Å². The van der Waals surface area contributed by atoms with E-state index in [-0.39, 0.29) is 0 Å². The Kier molecular flexibility index (Phi) is 3.12. The zero-order valence-electron chi connectivity index (χ0n) is 10.8. The van der Waals surface area contributed by atoms with Gasteiger partial charge in [0.2, 0.25) is 5.69 Å². The summed E-state index contributed by atoms with van der Waals surface area (Å²) in [5.41, 5.74) is -0.385. The average molecular weight is 280 g/mol. The SMILES string of the molecule is [O]c1c(N=O)c(=O)n(-c2ccccc2)n1-c1ccccc1. The van der Waals surface area contributed by atoms with Crippen LogP contribution < -0.4 is 5.56 Å². The molecule has 1 aromatic heterocycles. The fraction of sp³-hybridized carbons (Fsp3) is 0. The predicted molar refractivity (Wildman–Crippen MR) is 77.0 cm³/mol. The van der Waals surface area contributed by atoms with E-state index in [0.717, 1.165) is 9.36 Å². The summed E-state index contributed by atoms with van der Waals surface area (Å²) in [4.78, 5) is 23.1. The lowest BCUT2D eigenvalue weighted by molar-refractivity contribution is 0.321. The summed E-state index contributed by atoms with van der Waals surface area (Å²) in [7, 11) is 0. The molecular formula is C15H10N3O3. The maximum atomic E-state index is 12.3. The lowest BCUT2D eigenvalue weighted by Crippen LogP contribution is -2.19. The zero-order chi connectivity index (χ0) is 14.8. The average Bonchev–Trinajstić information content (AvgIpc) is 2.79. The van der Waals surface area contributed by atoms with Crippen molar-refractivity contribution in [2.75, 3.05) is 0 Å². The van der Waals surface area contributed by atoms with Crippen LogP contribution in [0.15, 0.2) is 70.6 Å². The van der Waals surface area contributed by atoms with E-state index in [1.54, 1.807) is 60.7 Å². The zero-order valence-corrected chi connectivity index (χ0v) is 10.8. The second-order valence-electron chi connectivity index (χ2n) is 4.34. The van der Waals surface area contributed by atoms with Gasteiger partial charge in [-0.1, -0.05) is 36.4 Å². The van der Waals surface area contributed by atoms with Crippen molar-refractivity contribution in [2.45, 2.75) is 0 Å². The highest BCUT2D eigenvalue weighted by atomic mass is 16.3. The number of hydrogen-bond donors (Lipinski definition) is 0. The molecule has 2 aromatic carbocycles. The molecule has 0 N–H and O–H groups in total. The first-order chi connectivity index (χ1) is 10.2. The van der Waals surface area contributed by atoms with Gasteiger partial charge in [0.1, 0.15) is 0 Å². The number of nitroso groups, excluding NO2 is 1. The Balaban J connectivity index is 2.39. The van der Waals surface area contributed by atoms with Crippen LogP contribution in [0.3, 0.4) is 0 Å². The molecule has 0 aliphatic carbocycles. The van der Waals surface area contributed by atoms with Gasteiger partial charge in [-0.05, 0) is 29.4 Å². The molecule has 1 heterocycles. The van der Waals surface area contributed by atoms with Crippen LogP contribution in [-0.4, -0.2) is 9.36 Å². The number of aromatic nitrogens is 2. The van der Waals surface area contributed by atoms with Crippen molar-refractivity contribution in [1.82, 2.24) is 9.36 Å². The predicted octanol–water partition coefficient (Wildman–Crippen LogP) is 3.17. The highest BCUT2D eigenvalue weighted by molar-refractivity contribution is 5.52. The first-order valence-corrected chi connectivity index (χ1v) is 6.23. The van der Waals surface area contributed by atoms with Gasteiger partial charge < -0.3 is 0 Å². The molecule has 3 aromatic rings.